The topological polar surface area (TPSA) is 28.2 Å². The Morgan fingerprint density at radius 2 is 2.29 bits per heavy atom. The molecule has 17 heavy (non-hydrogen) atoms. The van der Waals surface area contributed by atoms with Gasteiger partial charge in [-0.05, 0) is 19.8 Å². The number of hydrogen-bond acceptors (Lipinski definition) is 4. The zero-order valence-corrected chi connectivity index (χ0v) is 11.9. The Labute approximate surface area is 108 Å². The third-order valence-corrected chi connectivity index (χ3v) is 4.84. The van der Waals surface area contributed by atoms with Crippen molar-refractivity contribution in [2.75, 3.05) is 13.1 Å². The summed E-state index contributed by atoms with van der Waals surface area (Å²) in [5, 5.41) is 7.03. The van der Waals surface area contributed by atoms with Gasteiger partial charge in [-0.2, -0.15) is 0 Å². The van der Waals surface area contributed by atoms with Crippen LogP contribution in [0.15, 0.2) is 11.6 Å². The zero-order valence-electron chi connectivity index (χ0n) is 11.1. The molecule has 0 radical (unpaired) electrons. The van der Waals surface area contributed by atoms with E-state index in [1.165, 1.54) is 17.8 Å². The van der Waals surface area contributed by atoms with E-state index in [2.05, 4.69) is 41.4 Å². The molecule has 1 aliphatic rings. The van der Waals surface area contributed by atoms with Crippen LogP contribution < -0.4 is 5.32 Å². The van der Waals surface area contributed by atoms with Crippen molar-refractivity contribution >= 4 is 11.3 Å². The van der Waals surface area contributed by atoms with Gasteiger partial charge in [-0.1, -0.05) is 13.8 Å². The normalized spacial score (nSPS) is 25.0. The smallest absolute Gasteiger partial charge is 0.107 e. The first-order chi connectivity index (χ1) is 8.19. The van der Waals surface area contributed by atoms with Gasteiger partial charge in [0, 0.05) is 36.2 Å². The molecule has 1 saturated heterocycles. The first kappa shape index (κ1) is 13.0. The molecule has 0 bridgehead atoms. The number of rotatable bonds is 4. The number of nitrogens with zero attached hydrogens (tertiary/aromatic N) is 2. The van der Waals surface area contributed by atoms with E-state index >= 15 is 0 Å². The third kappa shape index (κ3) is 2.87. The molecule has 1 unspecified atom stereocenters. The lowest BCUT2D eigenvalue weighted by Gasteiger charge is -2.46. The fraction of sp³-hybridized carbons (Fsp3) is 0.769. The highest BCUT2D eigenvalue weighted by Gasteiger charge is 2.35. The molecule has 1 aromatic heterocycles. The molecule has 0 saturated carbocycles. The molecule has 3 nitrogen and oxygen atoms in total. The van der Waals surface area contributed by atoms with Gasteiger partial charge in [0.1, 0.15) is 5.01 Å². The Kier molecular flexibility index (Phi) is 4.17. The SMILES string of the molecule is CCC1(CC)CN(Cc2nccs2)C(C)CN1. The van der Waals surface area contributed by atoms with Crippen molar-refractivity contribution in [2.24, 2.45) is 0 Å². The number of thiazole rings is 1. The van der Waals surface area contributed by atoms with Crippen molar-refractivity contribution in [3.63, 3.8) is 0 Å². The van der Waals surface area contributed by atoms with E-state index in [4.69, 9.17) is 0 Å². The molecule has 0 spiro atoms. The molecule has 2 rings (SSSR count). The molecular weight excluding hydrogens is 230 g/mol. The Morgan fingerprint density at radius 1 is 1.53 bits per heavy atom. The van der Waals surface area contributed by atoms with Gasteiger partial charge in [-0.25, -0.2) is 4.98 Å². The van der Waals surface area contributed by atoms with Gasteiger partial charge >= 0.3 is 0 Å². The maximum Gasteiger partial charge on any atom is 0.107 e. The van der Waals surface area contributed by atoms with Crippen LogP contribution in [0.5, 0.6) is 0 Å². The summed E-state index contributed by atoms with van der Waals surface area (Å²) in [4.78, 5) is 6.97. The lowest BCUT2D eigenvalue weighted by atomic mass is 9.89. The van der Waals surface area contributed by atoms with E-state index in [9.17, 15) is 0 Å². The minimum atomic E-state index is 0.309. The first-order valence-corrected chi connectivity index (χ1v) is 7.44. The molecule has 0 amide bonds. The molecular formula is C13H23N3S. The second-order valence-corrected chi connectivity index (χ2v) is 6.03. The fourth-order valence-electron chi connectivity index (χ4n) is 2.53. The standard InChI is InChI=1S/C13H23N3S/c1-4-13(5-2)10-16(11(3)8-15-13)9-12-14-6-7-17-12/h6-7,11,15H,4-5,8-10H2,1-3H3. The Morgan fingerprint density at radius 3 is 2.88 bits per heavy atom. The van der Waals surface area contributed by atoms with Crippen LogP contribution >= 0.6 is 11.3 Å². The van der Waals surface area contributed by atoms with Crippen molar-refractivity contribution in [3.05, 3.63) is 16.6 Å². The van der Waals surface area contributed by atoms with Crippen LogP contribution in [0, 0.1) is 0 Å². The highest BCUT2D eigenvalue weighted by molar-refractivity contribution is 7.09. The molecule has 0 aliphatic carbocycles. The Hall–Kier alpha value is -0.450. The van der Waals surface area contributed by atoms with Crippen molar-refractivity contribution in [2.45, 2.75) is 51.7 Å². The monoisotopic (exact) mass is 253 g/mol. The predicted molar refractivity (Wildman–Crippen MR) is 73.3 cm³/mol. The van der Waals surface area contributed by atoms with Gasteiger partial charge in [0.05, 0.1) is 6.54 Å². The lowest BCUT2D eigenvalue weighted by Crippen LogP contribution is -2.62. The molecule has 1 atom stereocenters. The number of hydrogen-bond donors (Lipinski definition) is 1. The van der Waals surface area contributed by atoms with Gasteiger partial charge in [0.15, 0.2) is 0 Å². The van der Waals surface area contributed by atoms with Crippen LogP contribution in [-0.4, -0.2) is 34.6 Å². The summed E-state index contributed by atoms with van der Waals surface area (Å²) in [6, 6.07) is 0.602. The summed E-state index contributed by atoms with van der Waals surface area (Å²) in [6.45, 7) is 10.1. The van der Waals surface area contributed by atoms with E-state index in [-0.39, 0.29) is 0 Å². The summed E-state index contributed by atoms with van der Waals surface area (Å²) in [5.41, 5.74) is 0.309. The molecule has 2 heterocycles. The zero-order chi connectivity index (χ0) is 12.3. The number of aromatic nitrogens is 1. The van der Waals surface area contributed by atoms with Gasteiger partial charge in [-0.3, -0.25) is 4.90 Å². The fourth-order valence-corrected chi connectivity index (χ4v) is 3.17. The maximum atomic E-state index is 4.40. The molecule has 0 aromatic carbocycles. The highest BCUT2D eigenvalue weighted by Crippen LogP contribution is 2.24. The first-order valence-electron chi connectivity index (χ1n) is 6.56. The van der Waals surface area contributed by atoms with Gasteiger partial charge in [0.25, 0.3) is 0 Å². The van der Waals surface area contributed by atoms with E-state index < -0.39 is 0 Å². The quantitative estimate of drug-likeness (QED) is 0.893. The second-order valence-electron chi connectivity index (χ2n) is 5.05. The molecule has 1 aromatic rings. The second kappa shape index (κ2) is 5.46. The van der Waals surface area contributed by atoms with Crippen molar-refractivity contribution in [1.82, 2.24) is 15.2 Å². The van der Waals surface area contributed by atoms with Crippen LogP contribution in [-0.2, 0) is 6.54 Å². The lowest BCUT2D eigenvalue weighted by molar-refractivity contribution is 0.0745. The van der Waals surface area contributed by atoms with Gasteiger partial charge < -0.3 is 5.32 Å². The van der Waals surface area contributed by atoms with E-state index in [0.717, 1.165) is 19.6 Å². The average molecular weight is 253 g/mol. The van der Waals surface area contributed by atoms with Crippen LogP contribution in [0.2, 0.25) is 0 Å². The summed E-state index contributed by atoms with van der Waals surface area (Å²) in [7, 11) is 0. The van der Waals surface area contributed by atoms with Gasteiger partial charge in [-0.15, -0.1) is 11.3 Å². The largest absolute Gasteiger partial charge is 0.308 e. The van der Waals surface area contributed by atoms with Crippen LogP contribution in [0.3, 0.4) is 0 Å². The minimum absolute atomic E-state index is 0.309. The van der Waals surface area contributed by atoms with Crippen LogP contribution in [0.1, 0.15) is 38.6 Å². The number of piperazine rings is 1. The summed E-state index contributed by atoms with van der Waals surface area (Å²) in [6.07, 6.45) is 4.30. The van der Waals surface area contributed by atoms with Crippen molar-refractivity contribution in [3.8, 4) is 0 Å². The third-order valence-electron chi connectivity index (χ3n) is 4.08. The Balaban J connectivity index is 2.04. The molecule has 1 fully saturated rings. The average Bonchev–Trinajstić information content (AvgIpc) is 2.85. The predicted octanol–water partition coefficient (Wildman–Crippen LogP) is 2.50. The van der Waals surface area contributed by atoms with E-state index in [0.29, 0.717) is 11.6 Å². The summed E-state index contributed by atoms with van der Waals surface area (Å²) < 4.78 is 0. The van der Waals surface area contributed by atoms with Crippen LogP contribution in [0.4, 0.5) is 0 Å². The van der Waals surface area contributed by atoms with Crippen molar-refractivity contribution in [1.29, 1.82) is 0 Å². The number of nitrogens with one attached hydrogen (secondary N) is 1. The highest BCUT2D eigenvalue weighted by atomic mass is 32.1. The molecule has 96 valence electrons. The molecule has 1 N–H and O–H groups in total. The minimum Gasteiger partial charge on any atom is -0.308 e. The van der Waals surface area contributed by atoms with Crippen molar-refractivity contribution < 1.29 is 0 Å². The summed E-state index contributed by atoms with van der Waals surface area (Å²) in [5.74, 6) is 0. The van der Waals surface area contributed by atoms with Gasteiger partial charge in [0.2, 0.25) is 0 Å². The molecule has 4 heteroatoms. The Bertz CT molecular complexity index is 332. The van der Waals surface area contributed by atoms with E-state index in [1.807, 2.05) is 6.20 Å². The summed E-state index contributed by atoms with van der Waals surface area (Å²) >= 11 is 1.76. The van der Waals surface area contributed by atoms with Crippen LogP contribution in [0.25, 0.3) is 0 Å². The maximum absolute atomic E-state index is 4.40. The molecule has 1 aliphatic heterocycles. The van der Waals surface area contributed by atoms with E-state index in [1.54, 1.807) is 11.3 Å².